The number of rotatable bonds is 4. The molecule has 120 valence electrons. The van der Waals surface area contributed by atoms with Gasteiger partial charge in [-0.05, 0) is 31.9 Å². The molecule has 1 aliphatic heterocycles. The summed E-state index contributed by atoms with van der Waals surface area (Å²) in [6.07, 6.45) is -0.652. The van der Waals surface area contributed by atoms with Gasteiger partial charge in [-0.15, -0.1) is 0 Å². The number of ether oxygens (including phenoxy) is 2. The van der Waals surface area contributed by atoms with Crippen LogP contribution in [0.3, 0.4) is 0 Å². The van der Waals surface area contributed by atoms with E-state index in [2.05, 4.69) is 6.58 Å². The first-order chi connectivity index (χ1) is 10.1. The van der Waals surface area contributed by atoms with Crippen LogP contribution in [-0.2, 0) is 14.1 Å². The summed E-state index contributed by atoms with van der Waals surface area (Å²) < 4.78 is 21.4. The standard InChI is InChI=1S/C15H19O6P/c1-8-5-9(2)14(10(3)6-8)21-15(16)11(4)12-7-13(20-12)22(17,18)19/h5-6,12-13H,4,7H2,1-3H3,(H2,17,18,19). The molecule has 1 saturated heterocycles. The Labute approximate surface area is 128 Å². The second-order valence-electron chi connectivity index (χ2n) is 5.55. The Balaban J connectivity index is 2.02. The maximum absolute atomic E-state index is 12.1. The molecule has 2 rings (SSSR count). The van der Waals surface area contributed by atoms with E-state index in [4.69, 9.17) is 19.3 Å². The van der Waals surface area contributed by atoms with Gasteiger partial charge in [-0.25, -0.2) is 4.79 Å². The van der Waals surface area contributed by atoms with E-state index in [0.29, 0.717) is 5.75 Å². The Morgan fingerprint density at radius 3 is 2.27 bits per heavy atom. The average molecular weight is 326 g/mol. The van der Waals surface area contributed by atoms with Crippen molar-refractivity contribution in [3.63, 3.8) is 0 Å². The lowest BCUT2D eigenvalue weighted by atomic mass is 10.0. The van der Waals surface area contributed by atoms with E-state index in [1.165, 1.54) is 0 Å². The minimum absolute atomic E-state index is 0.0593. The number of carbonyl (C=O) groups excluding carboxylic acids is 1. The first-order valence-electron chi connectivity index (χ1n) is 6.79. The third-order valence-electron chi connectivity index (χ3n) is 3.56. The van der Waals surface area contributed by atoms with Crippen LogP contribution < -0.4 is 4.74 Å². The van der Waals surface area contributed by atoms with Crippen LogP contribution >= 0.6 is 7.60 Å². The van der Waals surface area contributed by atoms with Gasteiger partial charge in [0.05, 0.1) is 11.7 Å². The van der Waals surface area contributed by atoms with Crippen LogP contribution in [0.4, 0.5) is 0 Å². The molecule has 2 N–H and O–H groups in total. The maximum Gasteiger partial charge on any atom is 0.354 e. The van der Waals surface area contributed by atoms with Crippen molar-refractivity contribution in [1.82, 2.24) is 0 Å². The van der Waals surface area contributed by atoms with Crippen LogP contribution in [0, 0.1) is 20.8 Å². The third-order valence-corrected chi connectivity index (χ3v) is 4.65. The second-order valence-corrected chi connectivity index (χ2v) is 7.30. The van der Waals surface area contributed by atoms with Crippen molar-refractivity contribution in [2.45, 2.75) is 39.1 Å². The maximum atomic E-state index is 12.1. The summed E-state index contributed by atoms with van der Waals surface area (Å²) in [4.78, 5) is 30.0. The molecular weight excluding hydrogens is 307 g/mol. The number of carbonyl (C=O) groups is 1. The number of esters is 1. The highest BCUT2D eigenvalue weighted by molar-refractivity contribution is 7.52. The Morgan fingerprint density at radius 1 is 1.32 bits per heavy atom. The fourth-order valence-electron chi connectivity index (χ4n) is 2.42. The largest absolute Gasteiger partial charge is 0.423 e. The molecule has 1 heterocycles. The van der Waals surface area contributed by atoms with E-state index in [-0.39, 0.29) is 12.0 Å². The summed E-state index contributed by atoms with van der Waals surface area (Å²) in [5.74, 6) is -1.34. The molecule has 0 radical (unpaired) electrons. The van der Waals surface area contributed by atoms with E-state index in [0.717, 1.165) is 16.7 Å². The molecular formula is C15H19O6P. The highest BCUT2D eigenvalue weighted by atomic mass is 31.2. The normalized spacial score (nSPS) is 21.1. The molecule has 2 unspecified atom stereocenters. The van der Waals surface area contributed by atoms with Crippen LogP contribution in [0.5, 0.6) is 5.75 Å². The molecule has 7 heteroatoms. The van der Waals surface area contributed by atoms with Crippen molar-refractivity contribution in [3.8, 4) is 5.75 Å². The van der Waals surface area contributed by atoms with Gasteiger partial charge in [0.25, 0.3) is 0 Å². The average Bonchev–Trinajstić information content (AvgIpc) is 2.29. The van der Waals surface area contributed by atoms with Gasteiger partial charge in [-0.2, -0.15) is 0 Å². The van der Waals surface area contributed by atoms with Crippen molar-refractivity contribution < 1.29 is 28.6 Å². The zero-order valence-electron chi connectivity index (χ0n) is 12.7. The van der Waals surface area contributed by atoms with Crippen molar-refractivity contribution in [2.75, 3.05) is 0 Å². The smallest absolute Gasteiger partial charge is 0.354 e. The fraction of sp³-hybridized carbons (Fsp3) is 0.400. The number of hydrogen-bond acceptors (Lipinski definition) is 4. The molecule has 1 aromatic rings. The lowest BCUT2D eigenvalue weighted by Crippen LogP contribution is -2.40. The van der Waals surface area contributed by atoms with Gasteiger partial charge in [0.15, 0.2) is 5.85 Å². The van der Waals surface area contributed by atoms with Crippen molar-refractivity contribution in [3.05, 3.63) is 41.0 Å². The van der Waals surface area contributed by atoms with Gasteiger partial charge < -0.3 is 19.3 Å². The molecule has 22 heavy (non-hydrogen) atoms. The summed E-state index contributed by atoms with van der Waals surface area (Å²) in [5, 5.41) is 0. The highest BCUT2D eigenvalue weighted by Crippen LogP contribution is 2.50. The molecule has 0 bridgehead atoms. The summed E-state index contributed by atoms with van der Waals surface area (Å²) in [5.41, 5.74) is 2.80. The van der Waals surface area contributed by atoms with Crippen molar-refractivity contribution in [2.24, 2.45) is 0 Å². The number of hydrogen-bond donors (Lipinski definition) is 2. The number of benzene rings is 1. The molecule has 1 aliphatic rings. The second kappa shape index (κ2) is 5.97. The molecule has 0 aromatic heterocycles. The lowest BCUT2D eigenvalue weighted by Gasteiger charge is -2.36. The summed E-state index contributed by atoms with van der Waals surface area (Å²) in [6, 6.07) is 3.81. The van der Waals surface area contributed by atoms with E-state index in [1.807, 2.05) is 32.9 Å². The minimum Gasteiger partial charge on any atom is -0.423 e. The molecule has 0 saturated carbocycles. The van der Waals surface area contributed by atoms with Crippen LogP contribution in [0.1, 0.15) is 23.1 Å². The Kier molecular flexibility index (Phi) is 4.59. The molecule has 2 atom stereocenters. The predicted octanol–water partition coefficient (Wildman–Crippen LogP) is 2.37. The fourth-order valence-corrected chi connectivity index (χ4v) is 3.19. The van der Waals surface area contributed by atoms with Crippen LogP contribution in [0.2, 0.25) is 0 Å². The topological polar surface area (TPSA) is 93.1 Å². The van der Waals surface area contributed by atoms with Crippen molar-refractivity contribution in [1.29, 1.82) is 0 Å². The SMILES string of the molecule is C=C(C(=O)Oc1c(C)cc(C)cc1C)C1CC(P(=O)(O)O)O1. The first-order valence-corrected chi connectivity index (χ1v) is 8.47. The summed E-state index contributed by atoms with van der Waals surface area (Å²) in [7, 11) is -4.28. The Hall–Kier alpha value is -1.46. The monoisotopic (exact) mass is 326 g/mol. The van der Waals surface area contributed by atoms with E-state index in [9.17, 15) is 9.36 Å². The zero-order chi connectivity index (χ0) is 16.7. The molecule has 6 nitrogen and oxygen atoms in total. The number of aryl methyl sites for hydroxylation is 3. The van der Waals surface area contributed by atoms with Crippen LogP contribution in [-0.4, -0.2) is 27.7 Å². The quantitative estimate of drug-likeness (QED) is 0.382. The highest BCUT2D eigenvalue weighted by Gasteiger charge is 2.45. The Morgan fingerprint density at radius 2 is 1.82 bits per heavy atom. The first kappa shape index (κ1) is 16.9. The molecule has 0 aliphatic carbocycles. The van der Waals surface area contributed by atoms with E-state index in [1.54, 1.807) is 0 Å². The van der Waals surface area contributed by atoms with Gasteiger partial charge in [-0.1, -0.05) is 24.3 Å². The van der Waals surface area contributed by atoms with Gasteiger partial charge in [0.2, 0.25) is 0 Å². The van der Waals surface area contributed by atoms with Gasteiger partial charge in [-0.3, -0.25) is 4.57 Å². The molecule has 1 fully saturated rings. The summed E-state index contributed by atoms with van der Waals surface area (Å²) in [6.45, 7) is 9.25. The minimum atomic E-state index is -4.28. The van der Waals surface area contributed by atoms with Crippen LogP contribution in [0.25, 0.3) is 0 Å². The van der Waals surface area contributed by atoms with E-state index < -0.39 is 25.5 Å². The molecule has 0 amide bonds. The third kappa shape index (κ3) is 3.47. The van der Waals surface area contributed by atoms with E-state index >= 15 is 0 Å². The van der Waals surface area contributed by atoms with Crippen LogP contribution in [0.15, 0.2) is 24.3 Å². The lowest BCUT2D eigenvalue weighted by molar-refractivity contribution is -0.135. The van der Waals surface area contributed by atoms with Gasteiger partial charge >= 0.3 is 13.6 Å². The van der Waals surface area contributed by atoms with Gasteiger partial charge in [0, 0.05) is 6.42 Å². The summed E-state index contributed by atoms with van der Waals surface area (Å²) >= 11 is 0. The molecule has 0 spiro atoms. The Bertz CT molecular complexity index is 646. The van der Waals surface area contributed by atoms with Crippen molar-refractivity contribution >= 4 is 13.6 Å². The zero-order valence-corrected chi connectivity index (χ0v) is 13.6. The predicted molar refractivity (Wildman–Crippen MR) is 80.8 cm³/mol. The molecule has 1 aromatic carbocycles. The van der Waals surface area contributed by atoms with Gasteiger partial charge in [0.1, 0.15) is 5.75 Å².